The summed E-state index contributed by atoms with van der Waals surface area (Å²) in [6.45, 7) is 2.62. The number of hydrogen-bond donors (Lipinski definition) is 1. The summed E-state index contributed by atoms with van der Waals surface area (Å²) in [6.07, 6.45) is 5.03. The lowest BCUT2D eigenvalue weighted by Crippen LogP contribution is -2.42. The van der Waals surface area contributed by atoms with Crippen molar-refractivity contribution in [3.63, 3.8) is 0 Å². The number of likely N-dealkylation sites (N-methyl/N-ethyl adjacent to an activating group) is 1. The highest BCUT2D eigenvalue weighted by molar-refractivity contribution is 5.78. The number of aliphatic hydroxyl groups excluding tert-OH is 1. The zero-order chi connectivity index (χ0) is 13.8. The highest BCUT2D eigenvalue weighted by Crippen LogP contribution is 2.10. The summed E-state index contributed by atoms with van der Waals surface area (Å²) in [5, 5.41) is 13.5. The van der Waals surface area contributed by atoms with E-state index in [0.29, 0.717) is 13.1 Å². The largest absolute Gasteiger partial charge is 0.393 e. The predicted molar refractivity (Wildman–Crippen MR) is 71.4 cm³/mol. The van der Waals surface area contributed by atoms with Crippen molar-refractivity contribution in [1.82, 2.24) is 19.6 Å². The molecule has 1 aliphatic heterocycles. The molecule has 2 heterocycles. The van der Waals surface area contributed by atoms with Crippen LogP contribution in [-0.4, -0.2) is 63.4 Å². The molecule has 2 rings (SSSR count). The van der Waals surface area contributed by atoms with Crippen LogP contribution in [0.15, 0.2) is 12.4 Å². The van der Waals surface area contributed by atoms with Gasteiger partial charge in [0.05, 0.1) is 18.8 Å². The van der Waals surface area contributed by atoms with Gasteiger partial charge in [0.2, 0.25) is 5.91 Å². The predicted octanol–water partition coefficient (Wildman–Crippen LogP) is -0.165. The van der Waals surface area contributed by atoms with Crippen LogP contribution in [0, 0.1) is 0 Å². The number of carbonyl (C=O) groups is 1. The molecule has 6 heteroatoms. The molecule has 1 aliphatic rings. The average molecular weight is 266 g/mol. The molecule has 0 aliphatic carbocycles. The SMILES string of the molecule is CN(Cc1cnn(C)c1)C(=O)CN1CCC(O)CC1. The van der Waals surface area contributed by atoms with Crippen LogP contribution in [0.3, 0.4) is 0 Å². The van der Waals surface area contributed by atoms with E-state index in [1.807, 2.05) is 20.3 Å². The Hall–Kier alpha value is -1.40. The van der Waals surface area contributed by atoms with E-state index in [1.165, 1.54) is 0 Å². The smallest absolute Gasteiger partial charge is 0.236 e. The molecular weight excluding hydrogens is 244 g/mol. The van der Waals surface area contributed by atoms with Crippen molar-refractivity contribution in [2.75, 3.05) is 26.7 Å². The first kappa shape index (κ1) is 14.0. The zero-order valence-electron chi connectivity index (χ0n) is 11.6. The first-order chi connectivity index (χ1) is 9.04. The van der Waals surface area contributed by atoms with E-state index >= 15 is 0 Å². The highest BCUT2D eigenvalue weighted by atomic mass is 16.3. The molecule has 1 N–H and O–H groups in total. The van der Waals surface area contributed by atoms with Crippen LogP contribution in [-0.2, 0) is 18.4 Å². The third kappa shape index (κ3) is 4.04. The Kier molecular flexibility index (Phi) is 4.55. The molecule has 0 spiro atoms. The molecule has 1 aromatic rings. The maximum atomic E-state index is 12.1. The number of piperidine rings is 1. The number of amides is 1. The standard InChI is InChI=1S/C13H22N4O2/c1-15(8-11-7-14-16(2)9-11)13(19)10-17-5-3-12(18)4-6-17/h7,9,12,18H,3-6,8,10H2,1-2H3. The lowest BCUT2D eigenvalue weighted by Gasteiger charge is -2.30. The normalized spacial score (nSPS) is 17.6. The Morgan fingerprint density at radius 1 is 1.53 bits per heavy atom. The molecule has 0 radical (unpaired) electrons. The van der Waals surface area contributed by atoms with Gasteiger partial charge in [-0.3, -0.25) is 14.4 Å². The maximum Gasteiger partial charge on any atom is 0.236 e. The van der Waals surface area contributed by atoms with E-state index < -0.39 is 0 Å². The lowest BCUT2D eigenvalue weighted by atomic mass is 10.1. The van der Waals surface area contributed by atoms with Crippen LogP contribution in [0.25, 0.3) is 0 Å². The van der Waals surface area contributed by atoms with Crippen LogP contribution in [0.5, 0.6) is 0 Å². The summed E-state index contributed by atoms with van der Waals surface area (Å²) in [7, 11) is 3.68. The summed E-state index contributed by atoms with van der Waals surface area (Å²) >= 11 is 0. The van der Waals surface area contributed by atoms with E-state index in [9.17, 15) is 9.90 Å². The Morgan fingerprint density at radius 3 is 2.79 bits per heavy atom. The second-order valence-corrected chi connectivity index (χ2v) is 5.28. The minimum absolute atomic E-state index is 0.111. The molecule has 0 atom stereocenters. The number of nitrogens with zero attached hydrogens (tertiary/aromatic N) is 4. The van der Waals surface area contributed by atoms with Crippen molar-refractivity contribution in [3.05, 3.63) is 18.0 Å². The fourth-order valence-electron chi connectivity index (χ4n) is 2.31. The van der Waals surface area contributed by atoms with Gasteiger partial charge in [-0.2, -0.15) is 5.10 Å². The summed E-state index contributed by atoms with van der Waals surface area (Å²) in [4.78, 5) is 15.9. The summed E-state index contributed by atoms with van der Waals surface area (Å²) in [5.41, 5.74) is 1.03. The Labute approximate surface area is 113 Å². The van der Waals surface area contributed by atoms with Crippen LogP contribution >= 0.6 is 0 Å². The van der Waals surface area contributed by atoms with Crippen molar-refractivity contribution in [2.24, 2.45) is 7.05 Å². The van der Waals surface area contributed by atoms with Gasteiger partial charge < -0.3 is 10.0 Å². The summed E-state index contributed by atoms with van der Waals surface area (Å²) < 4.78 is 1.74. The monoisotopic (exact) mass is 266 g/mol. The lowest BCUT2D eigenvalue weighted by molar-refractivity contribution is -0.132. The molecule has 1 saturated heterocycles. The van der Waals surface area contributed by atoms with E-state index in [4.69, 9.17) is 0 Å². The quantitative estimate of drug-likeness (QED) is 0.822. The van der Waals surface area contributed by atoms with Gasteiger partial charge >= 0.3 is 0 Å². The number of likely N-dealkylation sites (tertiary alicyclic amines) is 1. The van der Waals surface area contributed by atoms with Gasteiger partial charge in [0.15, 0.2) is 0 Å². The third-order valence-corrected chi connectivity index (χ3v) is 3.52. The van der Waals surface area contributed by atoms with Gasteiger partial charge in [-0.05, 0) is 12.8 Å². The van der Waals surface area contributed by atoms with Gasteiger partial charge in [-0.1, -0.05) is 0 Å². The second kappa shape index (κ2) is 6.16. The van der Waals surface area contributed by atoms with Crippen LogP contribution in [0.2, 0.25) is 0 Å². The van der Waals surface area contributed by atoms with Crippen molar-refractivity contribution < 1.29 is 9.90 Å². The maximum absolute atomic E-state index is 12.1. The minimum Gasteiger partial charge on any atom is -0.393 e. The zero-order valence-corrected chi connectivity index (χ0v) is 11.6. The Balaban J connectivity index is 1.79. The third-order valence-electron chi connectivity index (χ3n) is 3.52. The molecule has 1 fully saturated rings. The summed E-state index contributed by atoms with van der Waals surface area (Å²) in [6, 6.07) is 0. The van der Waals surface area contributed by atoms with Gasteiger partial charge in [-0.15, -0.1) is 0 Å². The van der Waals surface area contributed by atoms with Crippen molar-refractivity contribution >= 4 is 5.91 Å². The molecule has 19 heavy (non-hydrogen) atoms. The molecule has 0 unspecified atom stereocenters. The molecule has 6 nitrogen and oxygen atoms in total. The first-order valence-corrected chi connectivity index (χ1v) is 6.66. The number of carbonyl (C=O) groups excluding carboxylic acids is 1. The molecular formula is C13H22N4O2. The van der Waals surface area contributed by atoms with Gasteiger partial charge in [0, 0.05) is 45.5 Å². The highest BCUT2D eigenvalue weighted by Gasteiger charge is 2.20. The molecule has 0 saturated carbocycles. The van der Waals surface area contributed by atoms with Crippen molar-refractivity contribution in [2.45, 2.75) is 25.5 Å². The number of aromatic nitrogens is 2. The average Bonchev–Trinajstić information content (AvgIpc) is 2.77. The molecule has 1 amide bonds. The number of hydrogen-bond acceptors (Lipinski definition) is 4. The molecule has 0 aromatic carbocycles. The number of aliphatic hydroxyl groups is 1. The van der Waals surface area contributed by atoms with Gasteiger partial charge in [0.25, 0.3) is 0 Å². The van der Waals surface area contributed by atoms with Gasteiger partial charge in [-0.25, -0.2) is 0 Å². The van der Waals surface area contributed by atoms with Crippen LogP contribution in [0.4, 0.5) is 0 Å². The van der Waals surface area contributed by atoms with E-state index in [2.05, 4.69) is 10.00 Å². The molecule has 106 valence electrons. The summed E-state index contributed by atoms with van der Waals surface area (Å²) in [5.74, 6) is 0.111. The second-order valence-electron chi connectivity index (χ2n) is 5.28. The van der Waals surface area contributed by atoms with Gasteiger partial charge in [0.1, 0.15) is 0 Å². The Morgan fingerprint density at radius 2 is 2.21 bits per heavy atom. The van der Waals surface area contributed by atoms with E-state index in [-0.39, 0.29) is 12.0 Å². The fourth-order valence-corrected chi connectivity index (χ4v) is 2.31. The fraction of sp³-hybridized carbons (Fsp3) is 0.692. The number of rotatable bonds is 4. The van der Waals surface area contributed by atoms with E-state index in [1.54, 1.807) is 15.8 Å². The van der Waals surface area contributed by atoms with Crippen molar-refractivity contribution in [1.29, 1.82) is 0 Å². The van der Waals surface area contributed by atoms with Crippen LogP contribution < -0.4 is 0 Å². The van der Waals surface area contributed by atoms with E-state index in [0.717, 1.165) is 31.5 Å². The minimum atomic E-state index is -0.195. The Bertz CT molecular complexity index is 424. The molecule has 1 aromatic heterocycles. The topological polar surface area (TPSA) is 61.6 Å². The van der Waals surface area contributed by atoms with Crippen molar-refractivity contribution in [3.8, 4) is 0 Å². The molecule has 0 bridgehead atoms. The first-order valence-electron chi connectivity index (χ1n) is 6.66. The number of aryl methyl sites for hydroxylation is 1. The van der Waals surface area contributed by atoms with Crippen LogP contribution in [0.1, 0.15) is 18.4 Å².